The summed E-state index contributed by atoms with van der Waals surface area (Å²) in [4.78, 5) is 4.68. The van der Waals surface area contributed by atoms with Gasteiger partial charge in [-0.3, -0.25) is 0 Å². The molecular weight excluding hydrogens is 280 g/mol. The molecule has 23 heavy (non-hydrogen) atoms. The number of fused-ring (bicyclic) bond motifs is 1. The molecule has 1 aromatic carbocycles. The van der Waals surface area contributed by atoms with E-state index in [-0.39, 0.29) is 0 Å². The second-order valence-electron chi connectivity index (χ2n) is 6.98. The lowest BCUT2D eigenvalue weighted by Crippen LogP contribution is -2.00. The molecule has 2 rings (SSSR count). The molecule has 0 fully saturated rings. The topological polar surface area (TPSA) is 17.8 Å². The average Bonchev–Trinajstić information content (AvgIpc) is 2.84. The molecule has 0 saturated heterocycles. The summed E-state index contributed by atoms with van der Waals surface area (Å²) in [5, 5.41) is 0. The third-order valence-corrected chi connectivity index (χ3v) is 4.83. The summed E-state index contributed by atoms with van der Waals surface area (Å²) >= 11 is 0. The Bertz CT molecular complexity index is 583. The Kier molecular flexibility index (Phi) is 7.64. The van der Waals surface area contributed by atoms with Crippen molar-refractivity contribution in [3.8, 4) is 0 Å². The van der Waals surface area contributed by atoms with Crippen molar-refractivity contribution in [2.45, 2.75) is 91.5 Å². The molecule has 0 radical (unpaired) electrons. The van der Waals surface area contributed by atoms with Crippen molar-refractivity contribution >= 4 is 11.0 Å². The SMILES string of the molecule is CCCCCCCCCCCCn1c(C)nc2ccc(C)cc21. The van der Waals surface area contributed by atoms with Crippen molar-refractivity contribution in [2.24, 2.45) is 0 Å². The molecule has 0 atom stereocenters. The number of aryl methyl sites for hydroxylation is 3. The van der Waals surface area contributed by atoms with E-state index in [0.29, 0.717) is 0 Å². The van der Waals surface area contributed by atoms with Gasteiger partial charge in [-0.25, -0.2) is 4.98 Å². The van der Waals surface area contributed by atoms with E-state index in [2.05, 4.69) is 48.5 Å². The largest absolute Gasteiger partial charge is 0.328 e. The Morgan fingerprint density at radius 3 is 2.09 bits per heavy atom. The second kappa shape index (κ2) is 9.75. The van der Waals surface area contributed by atoms with E-state index in [4.69, 9.17) is 0 Å². The van der Waals surface area contributed by atoms with Crippen molar-refractivity contribution in [1.29, 1.82) is 0 Å². The summed E-state index contributed by atoms with van der Waals surface area (Å²) < 4.78 is 2.40. The minimum atomic E-state index is 1.11. The summed E-state index contributed by atoms with van der Waals surface area (Å²) in [6, 6.07) is 6.57. The quantitative estimate of drug-likeness (QED) is 0.429. The maximum absolute atomic E-state index is 4.68. The van der Waals surface area contributed by atoms with Gasteiger partial charge in [0, 0.05) is 6.54 Å². The first kappa shape index (κ1) is 18.0. The molecule has 1 heterocycles. The Balaban J connectivity index is 1.65. The highest BCUT2D eigenvalue weighted by molar-refractivity contribution is 5.76. The van der Waals surface area contributed by atoms with Crippen molar-refractivity contribution in [3.63, 3.8) is 0 Å². The zero-order valence-electron chi connectivity index (χ0n) is 15.4. The molecule has 0 amide bonds. The molecule has 0 aliphatic carbocycles. The molecule has 128 valence electrons. The summed E-state index contributed by atoms with van der Waals surface area (Å²) in [5.74, 6) is 1.15. The van der Waals surface area contributed by atoms with Crippen molar-refractivity contribution in [1.82, 2.24) is 9.55 Å². The van der Waals surface area contributed by atoms with Crippen LogP contribution in [0.2, 0.25) is 0 Å². The fourth-order valence-corrected chi connectivity index (χ4v) is 3.39. The maximum atomic E-state index is 4.68. The number of nitrogens with zero attached hydrogens (tertiary/aromatic N) is 2. The Labute approximate surface area is 142 Å². The number of rotatable bonds is 11. The van der Waals surface area contributed by atoms with E-state index in [1.807, 2.05) is 0 Å². The van der Waals surface area contributed by atoms with E-state index in [1.54, 1.807) is 0 Å². The summed E-state index contributed by atoms with van der Waals surface area (Å²) in [6.45, 7) is 7.69. The maximum Gasteiger partial charge on any atom is 0.106 e. The van der Waals surface area contributed by atoms with Crippen LogP contribution in [0.4, 0.5) is 0 Å². The van der Waals surface area contributed by atoms with E-state index < -0.39 is 0 Å². The number of benzene rings is 1. The first-order valence-corrected chi connectivity index (χ1v) is 9.66. The summed E-state index contributed by atoms with van der Waals surface area (Å²) in [6.07, 6.45) is 13.9. The van der Waals surface area contributed by atoms with Crippen LogP contribution in [0, 0.1) is 13.8 Å². The van der Waals surface area contributed by atoms with Crippen molar-refractivity contribution in [3.05, 3.63) is 29.6 Å². The fourth-order valence-electron chi connectivity index (χ4n) is 3.39. The third kappa shape index (κ3) is 5.67. The molecule has 0 saturated carbocycles. The molecular formula is C21H34N2. The Morgan fingerprint density at radius 2 is 1.43 bits per heavy atom. The Hall–Kier alpha value is -1.31. The van der Waals surface area contributed by atoms with Gasteiger partial charge in [-0.15, -0.1) is 0 Å². The Morgan fingerprint density at radius 1 is 0.826 bits per heavy atom. The molecule has 1 aromatic heterocycles. The van der Waals surface area contributed by atoms with E-state index in [0.717, 1.165) is 17.9 Å². The van der Waals surface area contributed by atoms with Gasteiger partial charge in [0.15, 0.2) is 0 Å². The highest BCUT2D eigenvalue weighted by Crippen LogP contribution is 2.19. The van der Waals surface area contributed by atoms with Gasteiger partial charge in [0.05, 0.1) is 11.0 Å². The summed E-state index contributed by atoms with van der Waals surface area (Å²) in [5.41, 5.74) is 3.76. The van der Waals surface area contributed by atoms with Gasteiger partial charge in [0.25, 0.3) is 0 Å². The van der Waals surface area contributed by atoms with Crippen LogP contribution in [0.15, 0.2) is 18.2 Å². The first-order valence-electron chi connectivity index (χ1n) is 9.66. The molecule has 0 spiro atoms. The van der Waals surface area contributed by atoms with Crippen molar-refractivity contribution < 1.29 is 0 Å². The van der Waals surface area contributed by atoms with Gasteiger partial charge in [0.2, 0.25) is 0 Å². The predicted octanol–water partition coefficient (Wildman–Crippen LogP) is 6.57. The third-order valence-electron chi connectivity index (χ3n) is 4.83. The number of hydrogen-bond donors (Lipinski definition) is 0. The van der Waals surface area contributed by atoms with E-state index in [9.17, 15) is 0 Å². The minimum absolute atomic E-state index is 1.11. The smallest absolute Gasteiger partial charge is 0.106 e. The van der Waals surface area contributed by atoms with Crippen LogP contribution in [0.5, 0.6) is 0 Å². The lowest BCUT2D eigenvalue weighted by molar-refractivity contribution is 0.535. The predicted molar refractivity (Wildman–Crippen MR) is 101 cm³/mol. The molecule has 2 aromatic rings. The van der Waals surface area contributed by atoms with Crippen molar-refractivity contribution in [2.75, 3.05) is 0 Å². The van der Waals surface area contributed by atoms with Crippen LogP contribution in [0.3, 0.4) is 0 Å². The van der Waals surface area contributed by atoms with Gasteiger partial charge >= 0.3 is 0 Å². The standard InChI is InChI=1S/C21H34N2/c1-4-5-6-7-8-9-10-11-12-13-16-23-19(3)22-20-15-14-18(2)17-21(20)23/h14-15,17H,4-13,16H2,1-3H3. The number of imidazole rings is 1. The van der Waals surface area contributed by atoms with Gasteiger partial charge in [-0.05, 0) is 38.0 Å². The molecule has 2 heteroatoms. The lowest BCUT2D eigenvalue weighted by atomic mass is 10.1. The minimum Gasteiger partial charge on any atom is -0.328 e. The lowest BCUT2D eigenvalue weighted by Gasteiger charge is -2.07. The average molecular weight is 315 g/mol. The summed E-state index contributed by atoms with van der Waals surface area (Å²) in [7, 11) is 0. The number of unbranched alkanes of at least 4 members (excludes halogenated alkanes) is 9. The van der Waals surface area contributed by atoms with Gasteiger partial charge in [0.1, 0.15) is 5.82 Å². The van der Waals surface area contributed by atoms with E-state index >= 15 is 0 Å². The van der Waals surface area contributed by atoms with Crippen LogP contribution in [0.25, 0.3) is 11.0 Å². The zero-order chi connectivity index (χ0) is 16.5. The van der Waals surface area contributed by atoms with Gasteiger partial charge in [-0.1, -0.05) is 70.8 Å². The first-order chi connectivity index (χ1) is 11.2. The monoisotopic (exact) mass is 314 g/mol. The van der Waals surface area contributed by atoms with Crippen LogP contribution < -0.4 is 0 Å². The van der Waals surface area contributed by atoms with E-state index in [1.165, 1.54) is 75.3 Å². The fraction of sp³-hybridized carbons (Fsp3) is 0.667. The van der Waals surface area contributed by atoms with Crippen LogP contribution in [-0.2, 0) is 6.54 Å². The molecule has 2 nitrogen and oxygen atoms in total. The molecule has 0 aliphatic heterocycles. The van der Waals surface area contributed by atoms with Crippen LogP contribution >= 0.6 is 0 Å². The second-order valence-corrected chi connectivity index (χ2v) is 6.98. The van der Waals surface area contributed by atoms with Crippen LogP contribution in [-0.4, -0.2) is 9.55 Å². The number of hydrogen-bond acceptors (Lipinski definition) is 1. The highest BCUT2D eigenvalue weighted by Gasteiger charge is 2.06. The molecule has 0 N–H and O–H groups in total. The number of aromatic nitrogens is 2. The van der Waals surface area contributed by atoms with Gasteiger partial charge < -0.3 is 4.57 Å². The van der Waals surface area contributed by atoms with Gasteiger partial charge in [-0.2, -0.15) is 0 Å². The zero-order valence-corrected chi connectivity index (χ0v) is 15.4. The molecule has 0 bridgehead atoms. The molecule has 0 aliphatic rings. The normalized spacial score (nSPS) is 11.4. The highest BCUT2D eigenvalue weighted by atomic mass is 15.1. The van der Waals surface area contributed by atoms with Crippen LogP contribution in [0.1, 0.15) is 82.5 Å². The molecule has 0 unspecified atom stereocenters.